The number of carbonyl (C=O) groups excluding carboxylic acids is 1. The molecule has 0 radical (unpaired) electrons. The van der Waals surface area contributed by atoms with Crippen molar-refractivity contribution in [1.29, 1.82) is 0 Å². The second kappa shape index (κ2) is 6.36. The van der Waals surface area contributed by atoms with E-state index in [-0.39, 0.29) is 11.9 Å². The second-order valence-electron chi connectivity index (χ2n) is 4.54. The molecule has 0 aliphatic carbocycles. The minimum absolute atomic E-state index is 0.110. The van der Waals surface area contributed by atoms with Crippen LogP contribution in [0.2, 0.25) is 0 Å². The zero-order valence-corrected chi connectivity index (χ0v) is 12.6. The van der Waals surface area contributed by atoms with Crippen LogP contribution >= 0.6 is 11.3 Å². The number of nitrogens with zero attached hydrogens (tertiary/aromatic N) is 2. The number of ether oxygens (including phenoxy) is 1. The number of thiophene rings is 1. The summed E-state index contributed by atoms with van der Waals surface area (Å²) in [6, 6.07) is 11.3. The van der Waals surface area contributed by atoms with Crippen molar-refractivity contribution in [3.63, 3.8) is 0 Å². The standard InChI is InChI=1S/C16H13N3O2S/c1-11(20)19-13-4-6-14(7-5-13)21-16-17-9-12(10-18-16)15-3-2-8-22-15/h2-10H,1H3,(H,19,20). The molecule has 1 N–H and O–H groups in total. The lowest BCUT2D eigenvalue weighted by Crippen LogP contribution is -2.05. The normalized spacial score (nSPS) is 10.2. The lowest BCUT2D eigenvalue weighted by atomic mass is 10.3. The van der Waals surface area contributed by atoms with Crippen molar-refractivity contribution < 1.29 is 9.53 Å². The third kappa shape index (κ3) is 3.48. The molecule has 0 bridgehead atoms. The van der Waals surface area contributed by atoms with E-state index in [1.54, 1.807) is 48.0 Å². The first-order chi connectivity index (χ1) is 10.7. The molecule has 1 aromatic carbocycles. The lowest BCUT2D eigenvalue weighted by molar-refractivity contribution is -0.114. The van der Waals surface area contributed by atoms with Gasteiger partial charge < -0.3 is 10.1 Å². The third-order valence-corrected chi connectivity index (χ3v) is 3.74. The van der Waals surface area contributed by atoms with E-state index in [2.05, 4.69) is 15.3 Å². The van der Waals surface area contributed by atoms with Gasteiger partial charge in [0.05, 0.1) is 0 Å². The van der Waals surface area contributed by atoms with E-state index in [9.17, 15) is 4.79 Å². The van der Waals surface area contributed by atoms with Gasteiger partial charge in [0.15, 0.2) is 0 Å². The molecule has 0 aliphatic rings. The van der Waals surface area contributed by atoms with Crippen LogP contribution in [0.3, 0.4) is 0 Å². The summed E-state index contributed by atoms with van der Waals surface area (Å²) in [4.78, 5) is 20.5. The Bertz CT molecular complexity index is 753. The quantitative estimate of drug-likeness (QED) is 0.792. The Hall–Kier alpha value is -2.73. The zero-order chi connectivity index (χ0) is 15.4. The van der Waals surface area contributed by atoms with Crippen molar-refractivity contribution in [3.05, 3.63) is 54.2 Å². The highest BCUT2D eigenvalue weighted by Crippen LogP contribution is 2.25. The summed E-state index contributed by atoms with van der Waals surface area (Å²) in [5.41, 5.74) is 1.68. The second-order valence-corrected chi connectivity index (χ2v) is 5.49. The average Bonchev–Trinajstić information content (AvgIpc) is 3.04. The van der Waals surface area contributed by atoms with E-state index >= 15 is 0 Å². The number of benzene rings is 1. The molecule has 3 rings (SSSR count). The molecule has 3 aromatic rings. The van der Waals surface area contributed by atoms with Gasteiger partial charge in [-0.3, -0.25) is 4.79 Å². The summed E-state index contributed by atoms with van der Waals surface area (Å²) in [6.07, 6.45) is 3.47. The van der Waals surface area contributed by atoms with Crippen molar-refractivity contribution >= 4 is 22.9 Å². The molecular weight excluding hydrogens is 298 g/mol. The summed E-state index contributed by atoms with van der Waals surface area (Å²) >= 11 is 1.64. The van der Waals surface area contributed by atoms with Crippen molar-refractivity contribution in [3.8, 4) is 22.2 Å². The maximum Gasteiger partial charge on any atom is 0.321 e. The smallest absolute Gasteiger partial charge is 0.321 e. The molecule has 1 amide bonds. The molecule has 2 heterocycles. The Morgan fingerprint density at radius 3 is 2.45 bits per heavy atom. The summed E-state index contributed by atoms with van der Waals surface area (Å²) < 4.78 is 5.58. The maximum absolute atomic E-state index is 11.0. The van der Waals surface area contributed by atoms with E-state index in [4.69, 9.17) is 4.74 Å². The predicted molar refractivity (Wildman–Crippen MR) is 86.2 cm³/mol. The van der Waals surface area contributed by atoms with Gasteiger partial charge in [0.1, 0.15) is 5.75 Å². The fourth-order valence-electron chi connectivity index (χ4n) is 1.85. The Labute approximate surface area is 131 Å². The number of amides is 1. The number of hydrogen-bond donors (Lipinski definition) is 1. The van der Waals surface area contributed by atoms with E-state index in [1.807, 2.05) is 17.5 Å². The van der Waals surface area contributed by atoms with Crippen LogP contribution in [-0.2, 0) is 4.79 Å². The fraction of sp³-hybridized carbons (Fsp3) is 0.0625. The maximum atomic E-state index is 11.0. The molecule has 0 atom stereocenters. The van der Waals surface area contributed by atoms with Crippen LogP contribution in [0.5, 0.6) is 11.8 Å². The first kappa shape index (κ1) is 14.2. The summed E-state index contributed by atoms with van der Waals surface area (Å²) in [6.45, 7) is 1.47. The largest absolute Gasteiger partial charge is 0.424 e. The van der Waals surface area contributed by atoms with Crippen molar-refractivity contribution in [2.75, 3.05) is 5.32 Å². The van der Waals surface area contributed by atoms with E-state index in [0.29, 0.717) is 11.4 Å². The molecule has 6 heteroatoms. The molecule has 0 saturated heterocycles. The Kier molecular flexibility index (Phi) is 4.11. The van der Waals surface area contributed by atoms with Gasteiger partial charge in [0.25, 0.3) is 0 Å². The van der Waals surface area contributed by atoms with Crippen LogP contribution in [0.15, 0.2) is 54.2 Å². The predicted octanol–water partition coefficient (Wildman–Crippen LogP) is 3.96. The van der Waals surface area contributed by atoms with Crippen LogP contribution in [0.1, 0.15) is 6.92 Å². The highest BCUT2D eigenvalue weighted by molar-refractivity contribution is 7.13. The number of rotatable bonds is 4. The van der Waals surface area contributed by atoms with E-state index < -0.39 is 0 Å². The van der Waals surface area contributed by atoms with Gasteiger partial charge in [-0.05, 0) is 35.7 Å². The zero-order valence-electron chi connectivity index (χ0n) is 11.8. The number of aromatic nitrogens is 2. The van der Waals surface area contributed by atoms with Gasteiger partial charge >= 0.3 is 6.01 Å². The van der Waals surface area contributed by atoms with Crippen LogP contribution in [0, 0.1) is 0 Å². The SMILES string of the molecule is CC(=O)Nc1ccc(Oc2ncc(-c3cccs3)cn2)cc1. The highest BCUT2D eigenvalue weighted by atomic mass is 32.1. The van der Waals surface area contributed by atoms with Crippen molar-refractivity contribution in [2.24, 2.45) is 0 Å². The van der Waals surface area contributed by atoms with Crippen molar-refractivity contribution in [2.45, 2.75) is 6.92 Å². The van der Waals surface area contributed by atoms with Gasteiger partial charge in [0.2, 0.25) is 5.91 Å². The molecule has 110 valence electrons. The molecule has 0 aliphatic heterocycles. The molecule has 0 unspecified atom stereocenters. The third-order valence-electron chi connectivity index (χ3n) is 2.82. The van der Waals surface area contributed by atoms with Crippen LogP contribution in [0.4, 0.5) is 5.69 Å². The topological polar surface area (TPSA) is 64.1 Å². The number of hydrogen-bond acceptors (Lipinski definition) is 5. The lowest BCUT2D eigenvalue weighted by Gasteiger charge is -2.06. The minimum atomic E-state index is -0.110. The molecule has 5 nitrogen and oxygen atoms in total. The van der Waals surface area contributed by atoms with Gasteiger partial charge in [-0.1, -0.05) is 6.07 Å². The number of anilines is 1. The number of nitrogens with one attached hydrogen (secondary N) is 1. The van der Waals surface area contributed by atoms with Crippen LogP contribution in [-0.4, -0.2) is 15.9 Å². The molecule has 0 saturated carbocycles. The molecule has 0 spiro atoms. The highest BCUT2D eigenvalue weighted by Gasteiger charge is 2.04. The monoisotopic (exact) mass is 311 g/mol. The Morgan fingerprint density at radius 2 is 1.86 bits per heavy atom. The molecule has 0 fully saturated rings. The van der Waals surface area contributed by atoms with Gasteiger partial charge in [0, 0.05) is 35.4 Å². The molecular formula is C16H13N3O2S. The summed E-state index contributed by atoms with van der Waals surface area (Å²) in [5.74, 6) is 0.499. The van der Waals surface area contributed by atoms with Crippen molar-refractivity contribution in [1.82, 2.24) is 9.97 Å². The van der Waals surface area contributed by atoms with Gasteiger partial charge in [-0.2, -0.15) is 0 Å². The van der Waals surface area contributed by atoms with Gasteiger partial charge in [-0.15, -0.1) is 11.3 Å². The fourth-order valence-corrected chi connectivity index (χ4v) is 2.56. The number of carbonyl (C=O) groups is 1. The van der Waals surface area contributed by atoms with Crippen LogP contribution in [0.25, 0.3) is 10.4 Å². The van der Waals surface area contributed by atoms with E-state index in [1.165, 1.54) is 6.92 Å². The molecule has 22 heavy (non-hydrogen) atoms. The first-order valence-corrected chi connectivity index (χ1v) is 7.50. The Morgan fingerprint density at radius 1 is 1.14 bits per heavy atom. The Balaban J connectivity index is 1.69. The minimum Gasteiger partial charge on any atom is -0.424 e. The summed E-state index contributed by atoms with van der Waals surface area (Å²) in [7, 11) is 0. The first-order valence-electron chi connectivity index (χ1n) is 6.62. The summed E-state index contributed by atoms with van der Waals surface area (Å²) in [5, 5.41) is 4.70. The molecule has 2 aromatic heterocycles. The van der Waals surface area contributed by atoms with Gasteiger partial charge in [-0.25, -0.2) is 9.97 Å². The average molecular weight is 311 g/mol. The van der Waals surface area contributed by atoms with Crippen LogP contribution < -0.4 is 10.1 Å². The van der Waals surface area contributed by atoms with E-state index in [0.717, 1.165) is 10.4 Å².